The summed E-state index contributed by atoms with van der Waals surface area (Å²) >= 11 is 0. The van der Waals surface area contributed by atoms with E-state index in [-0.39, 0.29) is 63.0 Å². The third kappa shape index (κ3) is 20.8. The first kappa shape index (κ1) is 25.0. The zero-order valence-electron chi connectivity index (χ0n) is 14.0. The van der Waals surface area contributed by atoms with Gasteiger partial charge in [-0.1, -0.05) is 51.2 Å². The molecule has 0 aliphatic rings. The van der Waals surface area contributed by atoms with Crippen LogP contribution in [0.15, 0.2) is 17.1 Å². The van der Waals surface area contributed by atoms with Gasteiger partial charge in [-0.3, -0.25) is 4.55 Å². The van der Waals surface area contributed by atoms with Gasteiger partial charge in [0.05, 0.1) is 5.75 Å². The number of rotatable bonds is 13. The molecule has 0 unspecified atom stereocenters. The summed E-state index contributed by atoms with van der Waals surface area (Å²) in [6.45, 7) is 2.50. The number of nitrogens with zero attached hydrogens (tertiary/aromatic N) is 1. The van der Waals surface area contributed by atoms with E-state index in [1.54, 1.807) is 0 Å². The van der Waals surface area contributed by atoms with Crippen molar-refractivity contribution in [3.05, 3.63) is 12.2 Å². The average Bonchev–Trinajstić information content (AvgIpc) is 2.40. The summed E-state index contributed by atoms with van der Waals surface area (Å²) in [5.41, 5.74) is 0. The average molecular weight is 358 g/mol. The number of hydrogen-bond donors (Lipinski definition) is 1. The van der Waals surface area contributed by atoms with Gasteiger partial charge >= 0.3 is 51.4 Å². The van der Waals surface area contributed by atoms with Gasteiger partial charge in [0, 0.05) is 6.54 Å². The molecule has 7 heteroatoms. The third-order valence-electron chi connectivity index (χ3n) is 3.06. The Hall–Kier alpha value is 0.756. The standard InChI is InChI=1S/C15H29NO4S.K/c1-2-3-4-5-6-7-8-9-12-15(17)16-13-10-11-14-21(18,19)20;/h9,12H,2-8,10-11,13-14H2,1H3,(H,16,17)(H,18,19,20);/q;+1/p-1/b12-9+;. The van der Waals surface area contributed by atoms with E-state index in [1.165, 1.54) is 38.2 Å². The van der Waals surface area contributed by atoms with E-state index in [0.29, 0.717) is 19.4 Å². The largest absolute Gasteiger partial charge is 1.00 e. The zero-order chi connectivity index (χ0) is 16.0. The molecule has 0 fully saturated rings. The van der Waals surface area contributed by atoms with E-state index < -0.39 is 10.1 Å². The van der Waals surface area contributed by atoms with Crippen LogP contribution in [0.4, 0.5) is 0 Å². The van der Waals surface area contributed by atoms with E-state index in [2.05, 4.69) is 11.9 Å². The molecule has 124 valence electrons. The summed E-state index contributed by atoms with van der Waals surface area (Å²) in [7, 11) is -3.89. The number of aliphatic imine (C=N–C) groups is 1. The Bertz CT molecular complexity index is 408. The second-order valence-electron chi connectivity index (χ2n) is 5.17. The van der Waals surface area contributed by atoms with Crippen LogP contribution in [-0.2, 0) is 10.1 Å². The molecule has 0 radical (unpaired) electrons. The Balaban J connectivity index is 0. The van der Waals surface area contributed by atoms with Crippen molar-refractivity contribution in [1.29, 1.82) is 0 Å². The Morgan fingerprint density at radius 3 is 2.36 bits per heavy atom. The van der Waals surface area contributed by atoms with Crippen molar-refractivity contribution >= 4 is 16.0 Å². The Morgan fingerprint density at radius 2 is 1.73 bits per heavy atom. The number of allylic oxidation sites excluding steroid dienone is 1. The summed E-state index contributed by atoms with van der Waals surface area (Å²) in [5, 5.41) is 11.4. The van der Waals surface area contributed by atoms with Gasteiger partial charge in [-0.2, -0.15) is 8.42 Å². The molecule has 0 spiro atoms. The van der Waals surface area contributed by atoms with Crippen LogP contribution in [0, 0.1) is 0 Å². The van der Waals surface area contributed by atoms with Crippen LogP contribution in [0.3, 0.4) is 0 Å². The van der Waals surface area contributed by atoms with E-state index in [4.69, 9.17) is 4.55 Å². The molecule has 0 saturated carbocycles. The molecule has 0 saturated heterocycles. The van der Waals surface area contributed by atoms with Gasteiger partial charge in [0.15, 0.2) is 0 Å². The van der Waals surface area contributed by atoms with Crippen molar-refractivity contribution in [2.75, 3.05) is 12.3 Å². The van der Waals surface area contributed by atoms with Crippen LogP contribution in [0.2, 0.25) is 0 Å². The molecule has 0 rings (SSSR count). The Kier molecular flexibility index (Phi) is 18.9. The minimum atomic E-state index is -3.89. The van der Waals surface area contributed by atoms with Crippen molar-refractivity contribution in [1.82, 2.24) is 0 Å². The summed E-state index contributed by atoms with van der Waals surface area (Å²) < 4.78 is 29.4. The summed E-state index contributed by atoms with van der Waals surface area (Å²) in [4.78, 5) is 3.80. The van der Waals surface area contributed by atoms with Gasteiger partial charge in [0.1, 0.15) is 0 Å². The molecule has 5 nitrogen and oxygen atoms in total. The van der Waals surface area contributed by atoms with E-state index in [0.717, 1.165) is 12.8 Å². The molecule has 1 N–H and O–H groups in total. The Labute approximate surface area is 177 Å². The SMILES string of the molecule is CCCCCCCC/C=C/C([O-])=NCCCCS(=O)(=O)O.[K+]. The first-order valence-corrected chi connectivity index (χ1v) is 9.40. The normalized spacial score (nSPS) is 12.5. The van der Waals surface area contributed by atoms with Crippen LogP contribution in [0.25, 0.3) is 0 Å². The molecule has 0 amide bonds. The predicted octanol–water partition coefficient (Wildman–Crippen LogP) is -0.276. The maximum absolute atomic E-state index is 11.4. The van der Waals surface area contributed by atoms with Gasteiger partial charge in [0.25, 0.3) is 10.1 Å². The van der Waals surface area contributed by atoms with Crippen molar-refractivity contribution in [2.45, 2.75) is 64.7 Å². The van der Waals surface area contributed by atoms with Crippen LogP contribution in [-0.4, -0.2) is 31.2 Å². The van der Waals surface area contributed by atoms with Gasteiger partial charge < -0.3 is 10.1 Å². The summed E-state index contributed by atoms with van der Waals surface area (Å²) in [5.74, 6) is -0.544. The molecule has 0 heterocycles. The van der Waals surface area contributed by atoms with Crippen LogP contribution in [0.1, 0.15) is 64.7 Å². The third-order valence-corrected chi connectivity index (χ3v) is 3.87. The van der Waals surface area contributed by atoms with E-state index >= 15 is 0 Å². The molecule has 0 atom stereocenters. The fourth-order valence-corrected chi connectivity index (χ4v) is 2.43. The molecule has 0 aliphatic heterocycles. The second-order valence-corrected chi connectivity index (χ2v) is 6.74. The van der Waals surface area contributed by atoms with Crippen LogP contribution >= 0.6 is 0 Å². The molecule has 22 heavy (non-hydrogen) atoms. The Morgan fingerprint density at radius 1 is 1.09 bits per heavy atom. The van der Waals surface area contributed by atoms with Crippen molar-refractivity contribution in [3.63, 3.8) is 0 Å². The van der Waals surface area contributed by atoms with Gasteiger partial charge in [-0.25, -0.2) is 0 Å². The van der Waals surface area contributed by atoms with Crippen LogP contribution < -0.4 is 56.5 Å². The summed E-state index contributed by atoms with van der Waals surface area (Å²) in [6, 6.07) is 0. The second kappa shape index (κ2) is 16.6. The maximum atomic E-state index is 11.4. The number of unbranched alkanes of at least 4 members (excludes halogenated alkanes) is 7. The van der Waals surface area contributed by atoms with Crippen molar-refractivity contribution in [2.24, 2.45) is 4.99 Å². The number of hydrogen-bond acceptors (Lipinski definition) is 4. The molecule has 0 aliphatic carbocycles. The fourth-order valence-electron chi connectivity index (χ4n) is 1.86. The van der Waals surface area contributed by atoms with E-state index in [1.807, 2.05) is 6.08 Å². The van der Waals surface area contributed by atoms with Crippen LogP contribution in [0.5, 0.6) is 0 Å². The van der Waals surface area contributed by atoms with Gasteiger partial charge in [0.2, 0.25) is 0 Å². The van der Waals surface area contributed by atoms with Crippen molar-refractivity contribution < 1.29 is 69.5 Å². The minimum Gasteiger partial charge on any atom is -0.859 e. The maximum Gasteiger partial charge on any atom is 1.00 e. The first-order valence-electron chi connectivity index (χ1n) is 7.79. The van der Waals surface area contributed by atoms with Gasteiger partial charge in [-0.05, 0) is 31.6 Å². The van der Waals surface area contributed by atoms with Gasteiger partial charge in [-0.15, -0.1) is 0 Å². The zero-order valence-corrected chi connectivity index (χ0v) is 17.9. The first-order chi connectivity index (χ1) is 9.95. The monoisotopic (exact) mass is 357 g/mol. The topological polar surface area (TPSA) is 89.8 Å². The molecular formula is C15H28KNO4S. The minimum absolute atomic E-state index is 0. The smallest absolute Gasteiger partial charge is 0.859 e. The summed E-state index contributed by atoms with van der Waals surface area (Å²) in [6.07, 6.45) is 12.4. The van der Waals surface area contributed by atoms with Crippen molar-refractivity contribution in [3.8, 4) is 0 Å². The molecule has 0 aromatic heterocycles. The quantitative estimate of drug-likeness (QED) is 0.161. The molecule has 0 aromatic carbocycles. The molecule has 0 bridgehead atoms. The molecule has 0 aromatic rings. The van der Waals surface area contributed by atoms with E-state index in [9.17, 15) is 13.5 Å². The molecular weight excluding hydrogens is 329 g/mol. The fraction of sp³-hybridized carbons (Fsp3) is 0.800. The predicted molar refractivity (Wildman–Crippen MR) is 85.1 cm³/mol.